The van der Waals surface area contributed by atoms with Crippen LogP contribution in [0.15, 0.2) is 35.8 Å². The largest absolute Gasteiger partial charge is 0.483 e. The van der Waals surface area contributed by atoms with Gasteiger partial charge in [-0.1, -0.05) is 27.7 Å². The molecule has 1 aliphatic heterocycles. The summed E-state index contributed by atoms with van der Waals surface area (Å²) in [7, 11) is 0. The summed E-state index contributed by atoms with van der Waals surface area (Å²) in [6.07, 6.45) is 4.62. The second-order valence-corrected chi connectivity index (χ2v) is 10.2. The van der Waals surface area contributed by atoms with Crippen LogP contribution >= 0.6 is 22.7 Å². The maximum absolute atomic E-state index is 8.36. The second-order valence-electron chi connectivity index (χ2n) is 8.09. The Morgan fingerprint density at radius 1 is 1.31 bits per heavy atom. The van der Waals surface area contributed by atoms with E-state index < -0.39 is 0 Å². The van der Waals surface area contributed by atoms with Gasteiger partial charge in [0.25, 0.3) is 6.47 Å². The third-order valence-corrected chi connectivity index (χ3v) is 6.42. The Balaban J connectivity index is 0.000000377. The first-order chi connectivity index (χ1) is 13.9. The van der Waals surface area contributed by atoms with Gasteiger partial charge in [-0.3, -0.25) is 14.7 Å². The summed E-state index contributed by atoms with van der Waals surface area (Å²) in [5.74, 6) is 1.68. The molecule has 3 aromatic rings. The Morgan fingerprint density at radius 3 is 2.72 bits per heavy atom. The van der Waals surface area contributed by atoms with Crippen molar-refractivity contribution < 1.29 is 9.90 Å². The van der Waals surface area contributed by atoms with Crippen LogP contribution in [0, 0.1) is 11.8 Å². The smallest absolute Gasteiger partial charge is 0.290 e. The third kappa shape index (κ3) is 7.53. The summed E-state index contributed by atoms with van der Waals surface area (Å²) in [6.45, 7) is 12.2. The van der Waals surface area contributed by atoms with Crippen LogP contribution < -0.4 is 0 Å². The van der Waals surface area contributed by atoms with Gasteiger partial charge in [0.15, 0.2) is 0 Å². The van der Waals surface area contributed by atoms with Crippen LogP contribution in [0.4, 0.5) is 0 Å². The standard InChI is InChI=1S/C18H20N2S2.C4H10.CH2O2/c1-13-4-3-9-20(10-13)11-14-6-7-16(22-14)15-12-21-17-5-2-8-19-18(15)17;1-4(2)3;2-1-3/h2,5-8,12-13H,3-4,9-11H2,1H3;4H,1-3H3;1H,(H,2,3). The van der Waals surface area contributed by atoms with Gasteiger partial charge in [0.2, 0.25) is 0 Å². The zero-order valence-electron chi connectivity index (χ0n) is 17.8. The second kappa shape index (κ2) is 12.1. The average molecular weight is 433 g/mol. The van der Waals surface area contributed by atoms with Gasteiger partial charge in [-0.25, -0.2) is 0 Å². The van der Waals surface area contributed by atoms with Gasteiger partial charge in [0.05, 0.1) is 10.2 Å². The molecule has 1 unspecified atom stereocenters. The van der Waals surface area contributed by atoms with Crippen LogP contribution in [0.3, 0.4) is 0 Å². The highest BCUT2D eigenvalue weighted by atomic mass is 32.1. The molecule has 1 saturated heterocycles. The highest BCUT2D eigenvalue weighted by Gasteiger charge is 2.17. The lowest BCUT2D eigenvalue weighted by molar-refractivity contribution is -0.122. The lowest BCUT2D eigenvalue weighted by Crippen LogP contribution is -2.33. The number of pyridine rings is 1. The van der Waals surface area contributed by atoms with E-state index in [9.17, 15) is 0 Å². The van der Waals surface area contributed by atoms with Gasteiger partial charge >= 0.3 is 0 Å². The van der Waals surface area contributed by atoms with E-state index in [1.807, 2.05) is 23.6 Å². The summed E-state index contributed by atoms with van der Waals surface area (Å²) in [4.78, 5) is 18.3. The molecule has 0 bridgehead atoms. The van der Waals surface area contributed by atoms with Gasteiger partial charge < -0.3 is 5.11 Å². The highest BCUT2D eigenvalue weighted by Crippen LogP contribution is 2.36. The van der Waals surface area contributed by atoms with E-state index in [2.05, 4.69) is 61.2 Å². The monoisotopic (exact) mass is 432 g/mol. The van der Waals surface area contributed by atoms with E-state index >= 15 is 0 Å². The molecule has 0 radical (unpaired) electrons. The molecule has 29 heavy (non-hydrogen) atoms. The van der Waals surface area contributed by atoms with E-state index in [4.69, 9.17) is 9.90 Å². The zero-order valence-corrected chi connectivity index (χ0v) is 19.4. The van der Waals surface area contributed by atoms with Crippen molar-refractivity contribution in [2.75, 3.05) is 13.1 Å². The fraction of sp³-hybridized carbons (Fsp3) is 0.478. The number of fused-ring (bicyclic) bond motifs is 1. The lowest BCUT2D eigenvalue weighted by atomic mass is 10.0. The Hall–Kier alpha value is -1.76. The molecule has 6 heteroatoms. The van der Waals surface area contributed by atoms with Crippen LogP contribution in [0.1, 0.15) is 45.4 Å². The summed E-state index contributed by atoms with van der Waals surface area (Å²) in [5, 5.41) is 9.14. The molecule has 1 N–H and O–H groups in total. The van der Waals surface area contributed by atoms with E-state index in [-0.39, 0.29) is 6.47 Å². The minimum atomic E-state index is -0.250. The van der Waals surface area contributed by atoms with Crippen molar-refractivity contribution >= 4 is 39.4 Å². The summed E-state index contributed by atoms with van der Waals surface area (Å²) >= 11 is 3.71. The Bertz CT molecular complexity index is 870. The van der Waals surface area contributed by atoms with Crippen LogP contribution in [0.2, 0.25) is 0 Å². The first kappa shape index (κ1) is 23.5. The summed E-state index contributed by atoms with van der Waals surface area (Å²) in [6, 6.07) is 8.73. The minimum absolute atomic E-state index is 0.250. The molecule has 0 aliphatic carbocycles. The van der Waals surface area contributed by atoms with Crippen LogP contribution in [0.5, 0.6) is 0 Å². The maximum atomic E-state index is 8.36. The molecule has 0 aromatic carbocycles. The van der Waals surface area contributed by atoms with E-state index in [0.29, 0.717) is 0 Å². The number of likely N-dealkylation sites (tertiary alicyclic amines) is 1. The number of carbonyl (C=O) groups is 1. The maximum Gasteiger partial charge on any atom is 0.290 e. The zero-order chi connectivity index (χ0) is 21.2. The molecule has 0 spiro atoms. The molecular weight excluding hydrogens is 400 g/mol. The van der Waals surface area contributed by atoms with E-state index in [1.165, 1.54) is 45.9 Å². The van der Waals surface area contributed by atoms with Gasteiger partial charge in [-0.05, 0) is 55.5 Å². The predicted octanol–water partition coefficient (Wildman–Crippen LogP) is 6.62. The molecule has 4 heterocycles. The molecule has 158 valence electrons. The number of rotatable bonds is 3. The molecule has 3 aromatic heterocycles. The molecule has 4 nitrogen and oxygen atoms in total. The molecule has 4 rings (SSSR count). The molecule has 0 amide bonds. The third-order valence-electron chi connectivity index (χ3n) is 4.38. The summed E-state index contributed by atoms with van der Waals surface area (Å²) < 4.78 is 1.28. The number of aromatic nitrogens is 1. The fourth-order valence-corrected chi connectivity index (χ4v) is 5.36. The van der Waals surface area contributed by atoms with E-state index in [1.54, 1.807) is 11.3 Å². The number of piperidine rings is 1. The van der Waals surface area contributed by atoms with Gasteiger partial charge in [-0.2, -0.15) is 0 Å². The van der Waals surface area contributed by atoms with E-state index in [0.717, 1.165) is 23.9 Å². The van der Waals surface area contributed by atoms with Crippen LogP contribution in [-0.2, 0) is 11.3 Å². The lowest BCUT2D eigenvalue weighted by Gasteiger charge is -2.30. The SMILES string of the molecule is CC(C)C.CC1CCCN(Cc2ccc(-c3csc4cccnc34)s2)C1.O=CO. The van der Waals surface area contributed by atoms with Gasteiger partial charge in [-0.15, -0.1) is 22.7 Å². The number of hydrogen-bond acceptors (Lipinski definition) is 5. The Kier molecular flexibility index (Phi) is 9.78. The van der Waals surface area contributed by atoms with Crippen molar-refractivity contribution in [1.82, 2.24) is 9.88 Å². The number of thiophene rings is 2. The van der Waals surface area contributed by atoms with Crippen molar-refractivity contribution in [1.29, 1.82) is 0 Å². The quantitative estimate of drug-likeness (QED) is 0.473. The average Bonchev–Trinajstić information content (AvgIpc) is 3.28. The molecule has 1 aliphatic rings. The number of hydrogen-bond donors (Lipinski definition) is 1. The van der Waals surface area contributed by atoms with Crippen molar-refractivity contribution in [2.24, 2.45) is 11.8 Å². The van der Waals surface area contributed by atoms with Crippen molar-refractivity contribution in [3.63, 3.8) is 0 Å². The van der Waals surface area contributed by atoms with Gasteiger partial charge in [0.1, 0.15) is 0 Å². The van der Waals surface area contributed by atoms with Crippen molar-refractivity contribution in [3.05, 3.63) is 40.7 Å². The first-order valence-corrected chi connectivity index (χ1v) is 11.9. The number of nitrogens with zero attached hydrogens (tertiary/aromatic N) is 2. The predicted molar refractivity (Wildman–Crippen MR) is 126 cm³/mol. The first-order valence-electron chi connectivity index (χ1n) is 10.2. The molecule has 1 atom stereocenters. The van der Waals surface area contributed by atoms with Gasteiger partial charge in [0, 0.05) is 40.0 Å². The van der Waals surface area contributed by atoms with Crippen LogP contribution in [0.25, 0.3) is 20.7 Å². The Morgan fingerprint density at radius 2 is 2.03 bits per heavy atom. The topological polar surface area (TPSA) is 53.4 Å². The van der Waals surface area contributed by atoms with Crippen LogP contribution in [-0.4, -0.2) is 34.6 Å². The number of carboxylic acid groups (broad SMARTS) is 1. The Labute approximate surface area is 182 Å². The van der Waals surface area contributed by atoms with Crippen molar-refractivity contribution in [3.8, 4) is 10.4 Å². The molecule has 0 saturated carbocycles. The van der Waals surface area contributed by atoms with Crippen molar-refractivity contribution in [2.45, 2.75) is 47.1 Å². The summed E-state index contributed by atoms with van der Waals surface area (Å²) in [5.41, 5.74) is 2.44. The fourth-order valence-electron chi connectivity index (χ4n) is 3.30. The normalized spacial score (nSPS) is 16.7. The minimum Gasteiger partial charge on any atom is -0.483 e. The molecule has 1 fully saturated rings. The highest BCUT2D eigenvalue weighted by molar-refractivity contribution is 7.19. The molecular formula is C23H32N2O2S2.